The Balaban J connectivity index is 1.45. The summed E-state index contributed by atoms with van der Waals surface area (Å²) in [4.78, 5) is 63.6. The molecule has 1 N–H and O–H groups in total. The first kappa shape index (κ1) is 24.4. The molecule has 0 spiro atoms. The molecule has 2 heterocycles. The van der Waals surface area contributed by atoms with E-state index in [0.29, 0.717) is 16.7 Å². The third-order valence-corrected chi connectivity index (χ3v) is 5.55. The minimum Gasteiger partial charge on any atom is -0.493 e. The molecule has 3 aromatic rings. The van der Waals surface area contributed by atoms with Gasteiger partial charge in [0.25, 0.3) is 23.6 Å². The van der Waals surface area contributed by atoms with E-state index >= 15 is 0 Å². The Labute approximate surface area is 206 Å². The number of benzene rings is 2. The standard InChI is InChI=1S/C26H23N3O7/c1-3-35-21-11-10-16(14-29-24(32)17-7-4-5-8-18(17)25(29)33)13-19(21)26(34)36-15-22(30)27-23(31)20-9-6-12-28(20)2/h4-13H,3,14-15H2,1-2H3,(H,27,30,31). The van der Waals surface area contributed by atoms with Crippen molar-refractivity contribution >= 4 is 29.6 Å². The van der Waals surface area contributed by atoms with E-state index in [-0.39, 0.29) is 30.2 Å². The minimum atomic E-state index is -0.857. The van der Waals surface area contributed by atoms with E-state index in [4.69, 9.17) is 9.47 Å². The molecule has 0 radical (unpaired) electrons. The number of aromatic nitrogens is 1. The maximum absolute atomic E-state index is 12.8. The van der Waals surface area contributed by atoms with Crippen LogP contribution in [0.5, 0.6) is 5.75 Å². The average Bonchev–Trinajstić information content (AvgIpc) is 3.40. The normalized spacial score (nSPS) is 12.3. The van der Waals surface area contributed by atoms with E-state index in [2.05, 4.69) is 5.32 Å². The number of aryl methyl sites for hydroxylation is 1. The van der Waals surface area contributed by atoms with Gasteiger partial charge in [-0.05, 0) is 48.9 Å². The van der Waals surface area contributed by atoms with Gasteiger partial charge in [-0.15, -0.1) is 0 Å². The molecule has 0 saturated carbocycles. The molecule has 0 aliphatic carbocycles. The summed E-state index contributed by atoms with van der Waals surface area (Å²) in [6, 6.07) is 14.4. The molecule has 1 aliphatic rings. The van der Waals surface area contributed by atoms with Crippen molar-refractivity contribution in [1.82, 2.24) is 14.8 Å². The fourth-order valence-electron chi connectivity index (χ4n) is 3.81. The average molecular weight is 489 g/mol. The number of hydrogen-bond acceptors (Lipinski definition) is 7. The maximum Gasteiger partial charge on any atom is 0.342 e. The lowest BCUT2D eigenvalue weighted by molar-refractivity contribution is -0.123. The van der Waals surface area contributed by atoms with Crippen LogP contribution in [0.3, 0.4) is 0 Å². The molecule has 0 fully saturated rings. The van der Waals surface area contributed by atoms with E-state index < -0.39 is 36.2 Å². The molecule has 184 valence electrons. The summed E-state index contributed by atoms with van der Waals surface area (Å²) in [6.07, 6.45) is 1.66. The van der Waals surface area contributed by atoms with Gasteiger partial charge < -0.3 is 14.0 Å². The Morgan fingerprint density at radius 2 is 1.64 bits per heavy atom. The van der Waals surface area contributed by atoms with Gasteiger partial charge in [-0.3, -0.25) is 29.4 Å². The highest BCUT2D eigenvalue weighted by Gasteiger charge is 2.35. The first-order valence-corrected chi connectivity index (χ1v) is 11.1. The van der Waals surface area contributed by atoms with Crippen molar-refractivity contribution in [2.75, 3.05) is 13.2 Å². The van der Waals surface area contributed by atoms with Gasteiger partial charge in [-0.25, -0.2) is 4.79 Å². The number of hydrogen-bond donors (Lipinski definition) is 1. The Morgan fingerprint density at radius 3 is 2.25 bits per heavy atom. The van der Waals surface area contributed by atoms with Crippen LogP contribution in [0.15, 0.2) is 60.8 Å². The van der Waals surface area contributed by atoms with E-state index in [9.17, 15) is 24.0 Å². The van der Waals surface area contributed by atoms with Crippen LogP contribution in [-0.4, -0.2) is 52.3 Å². The molecule has 4 rings (SSSR count). The second kappa shape index (κ2) is 10.3. The van der Waals surface area contributed by atoms with Crippen molar-refractivity contribution in [2.45, 2.75) is 13.5 Å². The zero-order valence-electron chi connectivity index (χ0n) is 19.6. The third kappa shape index (κ3) is 4.88. The molecule has 4 amide bonds. The third-order valence-electron chi connectivity index (χ3n) is 5.55. The number of nitrogens with zero attached hydrogens (tertiary/aromatic N) is 2. The van der Waals surface area contributed by atoms with E-state index in [1.165, 1.54) is 12.1 Å². The van der Waals surface area contributed by atoms with E-state index in [0.717, 1.165) is 4.90 Å². The Hall–Kier alpha value is -4.73. The number of amides is 4. The van der Waals surface area contributed by atoms with Gasteiger partial charge in [-0.2, -0.15) is 0 Å². The van der Waals surface area contributed by atoms with Gasteiger partial charge in [0.2, 0.25) is 0 Å². The van der Waals surface area contributed by atoms with Crippen molar-refractivity contribution in [1.29, 1.82) is 0 Å². The topological polar surface area (TPSA) is 124 Å². The highest BCUT2D eigenvalue weighted by atomic mass is 16.5. The number of imide groups is 2. The molecule has 0 atom stereocenters. The second-order valence-corrected chi connectivity index (χ2v) is 7.96. The van der Waals surface area contributed by atoms with E-state index in [1.807, 2.05) is 0 Å². The van der Waals surface area contributed by atoms with Crippen LogP contribution < -0.4 is 10.1 Å². The number of fused-ring (bicyclic) bond motifs is 1. The summed E-state index contributed by atoms with van der Waals surface area (Å²) in [5.74, 6) is -2.91. The monoisotopic (exact) mass is 489 g/mol. The smallest absolute Gasteiger partial charge is 0.342 e. The summed E-state index contributed by atoms with van der Waals surface area (Å²) in [5.41, 5.74) is 1.43. The molecule has 36 heavy (non-hydrogen) atoms. The van der Waals surface area contributed by atoms with Crippen LogP contribution in [0.4, 0.5) is 0 Å². The van der Waals surface area contributed by atoms with Gasteiger partial charge in [0.15, 0.2) is 6.61 Å². The molecule has 2 aromatic carbocycles. The largest absolute Gasteiger partial charge is 0.493 e. The molecule has 1 aliphatic heterocycles. The maximum atomic E-state index is 12.8. The van der Waals surface area contributed by atoms with Crippen molar-refractivity contribution < 1.29 is 33.4 Å². The van der Waals surface area contributed by atoms with Crippen molar-refractivity contribution in [3.05, 3.63) is 88.7 Å². The molecular weight excluding hydrogens is 466 g/mol. The molecule has 0 bridgehead atoms. The van der Waals surface area contributed by atoms with Crippen LogP contribution in [-0.2, 0) is 23.1 Å². The first-order chi connectivity index (χ1) is 17.3. The number of nitrogens with one attached hydrogen (secondary N) is 1. The number of ether oxygens (including phenoxy) is 2. The summed E-state index contributed by atoms with van der Waals surface area (Å²) in [7, 11) is 1.66. The van der Waals surface area contributed by atoms with Crippen LogP contribution in [0.2, 0.25) is 0 Å². The highest BCUT2D eigenvalue weighted by Crippen LogP contribution is 2.27. The Morgan fingerprint density at radius 1 is 0.944 bits per heavy atom. The lowest BCUT2D eigenvalue weighted by Gasteiger charge is -2.16. The Bertz CT molecular complexity index is 1340. The summed E-state index contributed by atoms with van der Waals surface area (Å²) < 4.78 is 12.2. The molecule has 0 unspecified atom stereocenters. The van der Waals surface area contributed by atoms with Gasteiger partial charge in [0.05, 0.1) is 24.3 Å². The van der Waals surface area contributed by atoms with Gasteiger partial charge in [0, 0.05) is 13.2 Å². The van der Waals surface area contributed by atoms with Crippen LogP contribution in [0.25, 0.3) is 0 Å². The molecular formula is C26H23N3O7. The van der Waals surface area contributed by atoms with Gasteiger partial charge in [0.1, 0.15) is 17.0 Å². The summed E-state index contributed by atoms with van der Waals surface area (Å²) in [6.45, 7) is 1.25. The zero-order chi connectivity index (χ0) is 25.8. The van der Waals surface area contributed by atoms with Crippen LogP contribution in [0, 0.1) is 0 Å². The molecule has 10 heteroatoms. The molecule has 1 aromatic heterocycles. The predicted molar refractivity (Wildman–Crippen MR) is 126 cm³/mol. The summed E-state index contributed by atoms with van der Waals surface area (Å²) >= 11 is 0. The SMILES string of the molecule is CCOc1ccc(CN2C(=O)c3ccccc3C2=O)cc1C(=O)OCC(=O)NC(=O)c1cccn1C. The highest BCUT2D eigenvalue weighted by molar-refractivity contribution is 6.21. The number of carbonyl (C=O) groups excluding carboxylic acids is 5. The number of esters is 1. The lowest BCUT2D eigenvalue weighted by atomic mass is 10.1. The van der Waals surface area contributed by atoms with Gasteiger partial charge in [-0.1, -0.05) is 18.2 Å². The fourth-order valence-corrected chi connectivity index (χ4v) is 3.81. The van der Waals surface area contributed by atoms with Crippen LogP contribution >= 0.6 is 0 Å². The lowest BCUT2D eigenvalue weighted by Crippen LogP contribution is -2.35. The van der Waals surface area contributed by atoms with Gasteiger partial charge >= 0.3 is 5.97 Å². The number of rotatable bonds is 8. The summed E-state index contributed by atoms with van der Waals surface area (Å²) in [5, 5.41) is 2.16. The number of carbonyl (C=O) groups is 5. The molecule has 0 saturated heterocycles. The van der Waals surface area contributed by atoms with Crippen molar-refractivity contribution in [2.24, 2.45) is 7.05 Å². The molecule has 10 nitrogen and oxygen atoms in total. The van der Waals surface area contributed by atoms with Crippen molar-refractivity contribution in [3.8, 4) is 5.75 Å². The van der Waals surface area contributed by atoms with Crippen molar-refractivity contribution in [3.63, 3.8) is 0 Å². The predicted octanol–water partition coefficient (Wildman–Crippen LogP) is 2.33. The van der Waals surface area contributed by atoms with E-state index in [1.54, 1.807) is 67.2 Å². The van der Waals surface area contributed by atoms with Crippen LogP contribution in [0.1, 0.15) is 54.0 Å². The Kier molecular flexibility index (Phi) is 6.95. The second-order valence-electron chi connectivity index (χ2n) is 7.96. The quantitative estimate of drug-likeness (QED) is 0.380. The minimum absolute atomic E-state index is 0.0209. The first-order valence-electron chi connectivity index (χ1n) is 11.1. The fraction of sp³-hybridized carbons (Fsp3) is 0.192. The zero-order valence-corrected chi connectivity index (χ0v) is 19.6.